The van der Waals surface area contributed by atoms with Crippen molar-refractivity contribution in [1.82, 2.24) is 0 Å². The number of rotatable bonds is 1. The number of hydrogen-bond acceptors (Lipinski definition) is 4. The first kappa shape index (κ1) is 6.86. The van der Waals surface area contributed by atoms with Crippen LogP contribution in [0.4, 0.5) is 0 Å². The van der Waals surface area contributed by atoms with Gasteiger partial charge in [0.25, 0.3) is 9.74 Å². The topological polar surface area (TPSA) is 88.5 Å². The van der Waals surface area contributed by atoms with Crippen LogP contribution in [0.15, 0.2) is 0 Å². The lowest BCUT2D eigenvalue weighted by Crippen LogP contribution is -1.96. The molecule has 0 radical (unpaired) electrons. The van der Waals surface area contributed by atoms with E-state index in [4.69, 9.17) is 4.55 Å². The van der Waals surface area contributed by atoms with Crippen molar-refractivity contribution in [3.8, 4) is 0 Å². The Balaban J connectivity index is 4.82. The van der Waals surface area contributed by atoms with Crippen LogP contribution < -0.4 is 0 Å². The maximum atomic E-state index is 9.29. The van der Waals surface area contributed by atoms with E-state index in [1.165, 1.54) is 0 Å². The van der Waals surface area contributed by atoms with Crippen molar-refractivity contribution < 1.29 is 21.4 Å². The molecule has 0 unspecified atom stereocenters. The molecule has 0 saturated heterocycles. The van der Waals surface area contributed by atoms with E-state index in [1.807, 2.05) is 0 Å². The van der Waals surface area contributed by atoms with Crippen molar-refractivity contribution >= 4 is 18.9 Å². The van der Waals surface area contributed by atoms with Crippen LogP contribution in [0.3, 0.4) is 0 Å². The molecular formula is H2O5S2. The Hall–Kier alpha value is -0.140. The Morgan fingerprint density at radius 2 is 1.43 bits per heavy atom. The zero-order chi connectivity index (χ0) is 6.08. The lowest BCUT2D eigenvalue weighted by atomic mass is 15.9. The summed E-state index contributed by atoms with van der Waals surface area (Å²) in [6, 6.07) is 0. The average Bonchev–Trinajstić information content (AvgIpc) is 1.31. The van der Waals surface area contributed by atoms with E-state index < -0.39 is 18.9 Å². The molecular weight excluding hydrogens is 144 g/mol. The Kier molecular flexibility index (Phi) is 1.73. The van der Waals surface area contributed by atoms with Crippen LogP contribution >= 0.6 is 0 Å². The predicted octanol–water partition coefficient (Wildman–Crippen LogP) is -1.60. The third-order valence-electron chi connectivity index (χ3n) is 0.188. The maximum Gasteiger partial charge on any atom is 0.370 e. The van der Waals surface area contributed by atoms with Gasteiger partial charge in [-0.3, -0.25) is 4.55 Å². The van der Waals surface area contributed by atoms with Gasteiger partial charge in [0.05, 0.1) is 0 Å². The van der Waals surface area contributed by atoms with Crippen LogP contribution in [-0.4, -0.2) is 21.4 Å². The van der Waals surface area contributed by atoms with Gasteiger partial charge in [-0.25, -0.2) is 8.42 Å². The van der Waals surface area contributed by atoms with Gasteiger partial charge in [-0.15, -0.1) is 0 Å². The van der Waals surface area contributed by atoms with Crippen LogP contribution in [0.2, 0.25) is 0 Å². The summed E-state index contributed by atoms with van der Waals surface area (Å²) in [6.45, 7) is 0. The van der Waals surface area contributed by atoms with E-state index in [0.717, 1.165) is 0 Å². The van der Waals surface area contributed by atoms with Gasteiger partial charge < -0.3 is 0 Å². The van der Waals surface area contributed by atoms with Crippen LogP contribution in [0, 0.1) is 0 Å². The maximum absolute atomic E-state index is 9.29. The molecule has 0 aromatic heterocycles. The van der Waals surface area contributed by atoms with Crippen molar-refractivity contribution in [2.24, 2.45) is 0 Å². The number of hydrogen-bond donors (Lipinski definition) is 2. The molecule has 0 atom stereocenters. The second-order valence-corrected chi connectivity index (χ2v) is 4.29. The highest BCUT2D eigenvalue weighted by molar-refractivity contribution is 8.56. The standard InChI is InChI=1S/H2O5S2/c1-6(2)7(3,4)5/h6H,(H,3,4,5). The Morgan fingerprint density at radius 3 is 1.43 bits per heavy atom. The van der Waals surface area contributed by atoms with Gasteiger partial charge >= 0.3 is 9.15 Å². The molecule has 0 bridgehead atoms. The van der Waals surface area contributed by atoms with Gasteiger partial charge in [-0.1, -0.05) is 0 Å². The molecule has 0 spiro atoms. The Morgan fingerprint density at radius 1 is 1.29 bits per heavy atom. The first-order chi connectivity index (χ1) is 2.94. The molecule has 0 aromatic carbocycles. The minimum Gasteiger partial charge on any atom is -0.274 e. The summed E-state index contributed by atoms with van der Waals surface area (Å²) in [6.07, 6.45) is 0. The third kappa shape index (κ3) is 2.54. The second-order valence-electron chi connectivity index (χ2n) is 0.671. The molecule has 0 amide bonds. The molecule has 1 N–H and O–H groups in total. The smallest absolute Gasteiger partial charge is 0.274 e. The molecule has 0 aliphatic carbocycles. The quantitative estimate of drug-likeness (QED) is 0.264. The first-order valence-electron chi connectivity index (χ1n) is 1.06. The van der Waals surface area contributed by atoms with Crippen molar-refractivity contribution in [3.05, 3.63) is 0 Å². The zero-order valence-corrected chi connectivity index (χ0v) is 4.65. The van der Waals surface area contributed by atoms with E-state index in [-0.39, 0.29) is 0 Å². The van der Waals surface area contributed by atoms with E-state index >= 15 is 0 Å². The highest BCUT2D eigenvalue weighted by Gasteiger charge is 2.03. The lowest BCUT2D eigenvalue weighted by molar-refractivity contribution is 0.496. The Bertz CT molecular complexity index is 194. The van der Waals surface area contributed by atoms with E-state index in [9.17, 15) is 16.8 Å². The van der Waals surface area contributed by atoms with Crippen molar-refractivity contribution in [3.63, 3.8) is 0 Å². The molecule has 0 rings (SSSR count). The summed E-state index contributed by atoms with van der Waals surface area (Å²) in [4.78, 5) is 0. The van der Waals surface area contributed by atoms with Crippen LogP contribution in [0.25, 0.3) is 0 Å². The van der Waals surface area contributed by atoms with Gasteiger partial charge in [0.2, 0.25) is 0 Å². The molecule has 44 valence electrons. The van der Waals surface area contributed by atoms with E-state index in [2.05, 4.69) is 0 Å². The lowest BCUT2D eigenvalue weighted by Gasteiger charge is -1.72. The second kappa shape index (κ2) is 1.76. The van der Waals surface area contributed by atoms with Gasteiger partial charge in [0, 0.05) is 0 Å². The van der Waals surface area contributed by atoms with Gasteiger partial charge in [-0.2, -0.15) is 8.42 Å². The van der Waals surface area contributed by atoms with Gasteiger partial charge in [0.1, 0.15) is 0 Å². The zero-order valence-electron chi connectivity index (χ0n) is 2.94. The minimum absolute atomic E-state index is 3.71. The van der Waals surface area contributed by atoms with Crippen molar-refractivity contribution in [1.29, 1.82) is 0 Å². The van der Waals surface area contributed by atoms with Gasteiger partial charge in [0.15, 0.2) is 0 Å². The molecule has 0 saturated carbocycles. The molecule has 0 fully saturated rings. The summed E-state index contributed by atoms with van der Waals surface area (Å²) in [5.74, 6) is 0. The van der Waals surface area contributed by atoms with E-state index in [0.29, 0.717) is 0 Å². The molecule has 0 aliphatic heterocycles. The normalized spacial score (nSPS) is 12.3. The fourth-order valence-corrected chi connectivity index (χ4v) is 0. The molecule has 0 aromatic rings. The fraction of sp³-hybridized carbons (Fsp3) is 0. The highest BCUT2D eigenvalue weighted by atomic mass is 33.2. The Labute approximate surface area is 41.1 Å². The third-order valence-corrected chi connectivity index (χ3v) is 1.70. The first-order valence-corrected chi connectivity index (χ1v) is 4.29. The summed E-state index contributed by atoms with van der Waals surface area (Å²) in [5, 5.41) is 0. The summed E-state index contributed by atoms with van der Waals surface area (Å²) < 4.78 is 44.5. The van der Waals surface area contributed by atoms with Crippen molar-refractivity contribution in [2.45, 2.75) is 0 Å². The summed E-state index contributed by atoms with van der Waals surface area (Å²) >= 11 is 0. The van der Waals surface area contributed by atoms with Crippen LogP contribution in [0.5, 0.6) is 0 Å². The van der Waals surface area contributed by atoms with Gasteiger partial charge in [-0.05, 0) is 0 Å². The molecule has 7 heteroatoms. The average molecular weight is 146 g/mol. The van der Waals surface area contributed by atoms with Crippen molar-refractivity contribution in [2.75, 3.05) is 0 Å². The SMILES string of the molecule is O=[SH](=O)S(=O)(=O)O. The summed E-state index contributed by atoms with van der Waals surface area (Å²) in [5.41, 5.74) is 0. The highest BCUT2D eigenvalue weighted by Crippen LogP contribution is 1.75. The minimum atomic E-state index is -4.79. The predicted molar refractivity (Wildman–Crippen MR) is 21.9 cm³/mol. The largest absolute Gasteiger partial charge is 0.370 e. The summed E-state index contributed by atoms with van der Waals surface area (Å²) in [7, 11) is -8.50. The molecule has 7 heavy (non-hydrogen) atoms. The molecule has 5 nitrogen and oxygen atoms in total. The van der Waals surface area contributed by atoms with Crippen LogP contribution in [0.1, 0.15) is 0 Å². The van der Waals surface area contributed by atoms with E-state index in [1.54, 1.807) is 0 Å². The number of thiol groups is 1. The molecule has 0 aliphatic rings. The van der Waals surface area contributed by atoms with Crippen LogP contribution in [-0.2, 0) is 18.9 Å². The molecule has 0 heterocycles. The monoisotopic (exact) mass is 146 g/mol. The fourth-order valence-electron chi connectivity index (χ4n) is 0.